The highest BCUT2D eigenvalue weighted by atomic mass is 79.9. The number of fused-ring (bicyclic) bond motifs is 1. The summed E-state index contributed by atoms with van der Waals surface area (Å²) in [5, 5.41) is 7.66. The molecule has 0 radical (unpaired) electrons. The van der Waals surface area contributed by atoms with Gasteiger partial charge in [-0.25, -0.2) is 4.52 Å². The molecule has 0 aliphatic rings. The van der Waals surface area contributed by atoms with E-state index in [0.717, 1.165) is 36.3 Å². The Morgan fingerprint density at radius 3 is 2.89 bits per heavy atom. The first-order valence-electron chi connectivity index (χ1n) is 6.71. The Morgan fingerprint density at radius 1 is 1.32 bits per heavy atom. The summed E-state index contributed by atoms with van der Waals surface area (Å²) in [7, 11) is 0. The van der Waals surface area contributed by atoms with Crippen LogP contribution in [0.3, 0.4) is 0 Å². The molecule has 0 atom stereocenters. The van der Waals surface area contributed by atoms with Gasteiger partial charge in [0.15, 0.2) is 5.65 Å². The standard InChI is InChI=1S/C13H20BrN5/c1-3-8-18(4-2)9-7-15-13-16-12-6-5-11(14)10-19(12)17-13/h5-6,10H,3-4,7-9H2,1-2H3,(H,15,17). The predicted molar refractivity (Wildman–Crippen MR) is 81.6 cm³/mol. The first-order chi connectivity index (χ1) is 9.22. The lowest BCUT2D eigenvalue weighted by Crippen LogP contribution is -2.29. The molecule has 1 N–H and O–H groups in total. The van der Waals surface area contributed by atoms with E-state index >= 15 is 0 Å². The summed E-state index contributed by atoms with van der Waals surface area (Å²) in [6.45, 7) is 8.51. The molecule has 0 bridgehead atoms. The van der Waals surface area contributed by atoms with Crippen molar-refractivity contribution in [3.05, 3.63) is 22.8 Å². The van der Waals surface area contributed by atoms with E-state index in [2.05, 4.69) is 50.1 Å². The molecule has 0 spiro atoms. The highest BCUT2D eigenvalue weighted by Gasteiger charge is 2.04. The third-order valence-electron chi connectivity index (χ3n) is 2.99. The first kappa shape index (κ1) is 14.3. The van der Waals surface area contributed by atoms with E-state index < -0.39 is 0 Å². The summed E-state index contributed by atoms with van der Waals surface area (Å²) in [5.41, 5.74) is 0.853. The number of rotatable bonds is 7. The molecule has 0 aromatic carbocycles. The van der Waals surface area contributed by atoms with E-state index in [1.54, 1.807) is 4.52 Å². The zero-order valence-electron chi connectivity index (χ0n) is 11.4. The maximum atomic E-state index is 4.42. The first-order valence-corrected chi connectivity index (χ1v) is 7.50. The monoisotopic (exact) mass is 325 g/mol. The normalized spacial score (nSPS) is 11.4. The average molecular weight is 326 g/mol. The Balaban J connectivity index is 1.91. The highest BCUT2D eigenvalue weighted by Crippen LogP contribution is 2.11. The number of anilines is 1. The molecule has 104 valence electrons. The minimum absolute atomic E-state index is 0.686. The molecule has 2 heterocycles. The molecule has 0 aliphatic carbocycles. The van der Waals surface area contributed by atoms with Gasteiger partial charge in [0.25, 0.3) is 0 Å². The van der Waals surface area contributed by atoms with Crippen molar-refractivity contribution < 1.29 is 0 Å². The van der Waals surface area contributed by atoms with E-state index in [-0.39, 0.29) is 0 Å². The average Bonchev–Trinajstić information content (AvgIpc) is 2.79. The molecule has 2 rings (SSSR count). The van der Waals surface area contributed by atoms with Crippen LogP contribution >= 0.6 is 15.9 Å². The molecule has 0 saturated carbocycles. The second-order valence-corrected chi connectivity index (χ2v) is 5.36. The zero-order valence-corrected chi connectivity index (χ0v) is 13.0. The summed E-state index contributed by atoms with van der Waals surface area (Å²) in [4.78, 5) is 6.84. The Hall–Kier alpha value is -1.14. The van der Waals surface area contributed by atoms with Crippen LogP contribution in [0.15, 0.2) is 22.8 Å². The van der Waals surface area contributed by atoms with Crippen LogP contribution < -0.4 is 5.32 Å². The second-order valence-electron chi connectivity index (χ2n) is 4.45. The molecule has 0 saturated heterocycles. The lowest BCUT2D eigenvalue weighted by molar-refractivity contribution is 0.300. The number of nitrogens with one attached hydrogen (secondary N) is 1. The maximum absolute atomic E-state index is 4.42. The molecule has 6 heteroatoms. The highest BCUT2D eigenvalue weighted by molar-refractivity contribution is 9.10. The number of hydrogen-bond donors (Lipinski definition) is 1. The van der Waals surface area contributed by atoms with E-state index in [4.69, 9.17) is 0 Å². The number of likely N-dealkylation sites (N-methyl/N-ethyl adjacent to an activating group) is 1. The van der Waals surface area contributed by atoms with Crippen molar-refractivity contribution in [3.8, 4) is 0 Å². The van der Waals surface area contributed by atoms with Crippen molar-refractivity contribution in [2.75, 3.05) is 31.5 Å². The molecule has 5 nitrogen and oxygen atoms in total. The van der Waals surface area contributed by atoms with Crippen LogP contribution in [0.4, 0.5) is 5.95 Å². The van der Waals surface area contributed by atoms with Gasteiger partial charge in [0.1, 0.15) is 0 Å². The summed E-state index contributed by atoms with van der Waals surface area (Å²) < 4.78 is 2.77. The number of pyridine rings is 1. The Kier molecular flexibility index (Phi) is 5.15. The van der Waals surface area contributed by atoms with Crippen molar-refractivity contribution in [1.29, 1.82) is 0 Å². The molecular weight excluding hydrogens is 306 g/mol. The van der Waals surface area contributed by atoms with Gasteiger partial charge < -0.3 is 10.2 Å². The largest absolute Gasteiger partial charge is 0.352 e. The van der Waals surface area contributed by atoms with Gasteiger partial charge in [-0.3, -0.25) is 0 Å². The summed E-state index contributed by atoms with van der Waals surface area (Å²) >= 11 is 3.42. The minimum atomic E-state index is 0.686. The summed E-state index contributed by atoms with van der Waals surface area (Å²) in [5.74, 6) is 0.686. The van der Waals surface area contributed by atoms with E-state index in [9.17, 15) is 0 Å². The third kappa shape index (κ3) is 3.91. The van der Waals surface area contributed by atoms with Crippen LogP contribution in [-0.4, -0.2) is 45.7 Å². The van der Waals surface area contributed by atoms with Crippen molar-refractivity contribution in [3.63, 3.8) is 0 Å². The lowest BCUT2D eigenvalue weighted by Gasteiger charge is -2.19. The smallest absolute Gasteiger partial charge is 0.243 e. The van der Waals surface area contributed by atoms with E-state index in [0.29, 0.717) is 5.95 Å². The quantitative estimate of drug-likeness (QED) is 0.850. The zero-order chi connectivity index (χ0) is 13.7. The van der Waals surface area contributed by atoms with Crippen LogP contribution in [0.25, 0.3) is 5.65 Å². The van der Waals surface area contributed by atoms with Gasteiger partial charge in [-0.1, -0.05) is 13.8 Å². The van der Waals surface area contributed by atoms with Gasteiger partial charge in [-0.2, -0.15) is 4.98 Å². The van der Waals surface area contributed by atoms with Crippen LogP contribution in [0, 0.1) is 0 Å². The van der Waals surface area contributed by atoms with Gasteiger partial charge in [-0.15, -0.1) is 5.10 Å². The topological polar surface area (TPSA) is 45.5 Å². The number of halogens is 1. The third-order valence-corrected chi connectivity index (χ3v) is 3.46. The van der Waals surface area contributed by atoms with Crippen LogP contribution in [0.1, 0.15) is 20.3 Å². The van der Waals surface area contributed by atoms with Crippen LogP contribution in [0.2, 0.25) is 0 Å². The van der Waals surface area contributed by atoms with Gasteiger partial charge >= 0.3 is 0 Å². The minimum Gasteiger partial charge on any atom is -0.352 e. The summed E-state index contributed by atoms with van der Waals surface area (Å²) in [6.07, 6.45) is 3.09. The van der Waals surface area contributed by atoms with Gasteiger partial charge in [0.05, 0.1) is 0 Å². The molecule has 19 heavy (non-hydrogen) atoms. The fourth-order valence-corrected chi connectivity index (χ4v) is 2.33. The van der Waals surface area contributed by atoms with Crippen LogP contribution in [-0.2, 0) is 0 Å². The van der Waals surface area contributed by atoms with Crippen molar-refractivity contribution >= 4 is 27.5 Å². The number of hydrogen-bond acceptors (Lipinski definition) is 4. The summed E-state index contributed by atoms with van der Waals surface area (Å²) in [6, 6.07) is 3.91. The van der Waals surface area contributed by atoms with Crippen LogP contribution in [0.5, 0.6) is 0 Å². The number of nitrogens with zero attached hydrogens (tertiary/aromatic N) is 4. The van der Waals surface area contributed by atoms with Gasteiger partial charge in [0, 0.05) is 23.8 Å². The molecular formula is C13H20BrN5. The number of aromatic nitrogens is 3. The fourth-order valence-electron chi connectivity index (χ4n) is 2.00. The lowest BCUT2D eigenvalue weighted by atomic mass is 10.4. The molecule has 0 amide bonds. The predicted octanol–water partition coefficient (Wildman–Crippen LogP) is 2.64. The molecule has 2 aromatic rings. The van der Waals surface area contributed by atoms with Gasteiger partial charge in [0.2, 0.25) is 5.95 Å². The molecule has 0 fully saturated rings. The Bertz CT molecular complexity index is 525. The van der Waals surface area contributed by atoms with Crippen molar-refractivity contribution in [1.82, 2.24) is 19.5 Å². The molecule has 0 aliphatic heterocycles. The Morgan fingerprint density at radius 2 is 2.16 bits per heavy atom. The van der Waals surface area contributed by atoms with Gasteiger partial charge in [-0.05, 0) is 47.6 Å². The Labute approximate surface area is 122 Å². The fraction of sp³-hybridized carbons (Fsp3) is 0.538. The SMILES string of the molecule is CCCN(CC)CCNc1nc2ccc(Br)cn2n1. The van der Waals surface area contributed by atoms with E-state index in [1.807, 2.05) is 18.3 Å². The molecule has 0 unspecified atom stereocenters. The second kappa shape index (κ2) is 6.86. The molecule has 2 aromatic heterocycles. The van der Waals surface area contributed by atoms with E-state index in [1.165, 1.54) is 6.42 Å². The van der Waals surface area contributed by atoms with Crippen molar-refractivity contribution in [2.45, 2.75) is 20.3 Å². The maximum Gasteiger partial charge on any atom is 0.243 e. The van der Waals surface area contributed by atoms with Crippen molar-refractivity contribution in [2.24, 2.45) is 0 Å².